The van der Waals surface area contributed by atoms with Gasteiger partial charge in [-0.1, -0.05) is 13.0 Å². The lowest BCUT2D eigenvalue weighted by Gasteiger charge is -2.09. The molecule has 108 valence electrons. The van der Waals surface area contributed by atoms with Gasteiger partial charge in [0.15, 0.2) is 0 Å². The van der Waals surface area contributed by atoms with Crippen molar-refractivity contribution in [3.8, 4) is 11.4 Å². The van der Waals surface area contributed by atoms with Crippen molar-refractivity contribution in [3.05, 3.63) is 46.4 Å². The summed E-state index contributed by atoms with van der Waals surface area (Å²) < 4.78 is 3.19. The second-order valence-corrected chi connectivity index (χ2v) is 6.17. The van der Waals surface area contributed by atoms with E-state index in [0.29, 0.717) is 0 Å². The van der Waals surface area contributed by atoms with E-state index in [4.69, 9.17) is 10.7 Å². The molecular formula is C17H18BrN3. The summed E-state index contributed by atoms with van der Waals surface area (Å²) in [5.74, 6) is 0.983. The van der Waals surface area contributed by atoms with Gasteiger partial charge < -0.3 is 10.3 Å². The predicted molar refractivity (Wildman–Crippen MR) is 92.3 cm³/mol. The van der Waals surface area contributed by atoms with Gasteiger partial charge in [0.05, 0.1) is 11.0 Å². The molecule has 0 saturated carbocycles. The highest BCUT2D eigenvalue weighted by molar-refractivity contribution is 9.10. The van der Waals surface area contributed by atoms with E-state index in [2.05, 4.69) is 58.6 Å². The van der Waals surface area contributed by atoms with E-state index >= 15 is 0 Å². The Balaban J connectivity index is 2.24. The number of nitrogens with two attached hydrogens (primary N) is 1. The number of rotatable bonds is 3. The highest BCUT2D eigenvalue weighted by Crippen LogP contribution is 2.29. The van der Waals surface area contributed by atoms with Crippen molar-refractivity contribution in [1.29, 1.82) is 0 Å². The molecule has 3 nitrogen and oxygen atoms in total. The Morgan fingerprint density at radius 2 is 2.00 bits per heavy atom. The van der Waals surface area contributed by atoms with E-state index in [-0.39, 0.29) is 0 Å². The average Bonchev–Trinajstić information content (AvgIpc) is 2.80. The summed E-state index contributed by atoms with van der Waals surface area (Å²) in [6.07, 6.45) is 1.07. The van der Waals surface area contributed by atoms with Gasteiger partial charge in [-0.15, -0.1) is 0 Å². The van der Waals surface area contributed by atoms with E-state index in [0.717, 1.165) is 40.0 Å². The normalized spacial score (nSPS) is 11.2. The zero-order valence-corrected chi connectivity index (χ0v) is 13.8. The van der Waals surface area contributed by atoms with E-state index in [1.54, 1.807) is 0 Å². The maximum Gasteiger partial charge on any atom is 0.141 e. The van der Waals surface area contributed by atoms with Crippen LogP contribution >= 0.6 is 15.9 Å². The number of benzene rings is 2. The molecule has 3 aromatic rings. The molecular weight excluding hydrogens is 326 g/mol. The third kappa shape index (κ3) is 2.56. The van der Waals surface area contributed by atoms with Gasteiger partial charge >= 0.3 is 0 Å². The standard InChI is InChI=1S/C17H18BrN3/c1-3-8-21-16-7-4-11(2)9-15(16)20-17(21)12-5-6-13(18)14(19)10-12/h4-7,9-10H,3,8,19H2,1-2H3. The maximum absolute atomic E-state index is 6.02. The number of nitrogens with zero attached hydrogens (tertiary/aromatic N) is 2. The van der Waals surface area contributed by atoms with Crippen LogP contribution in [-0.2, 0) is 6.54 Å². The van der Waals surface area contributed by atoms with Crippen molar-refractivity contribution in [1.82, 2.24) is 9.55 Å². The second-order valence-electron chi connectivity index (χ2n) is 5.32. The van der Waals surface area contributed by atoms with E-state index in [1.807, 2.05) is 12.1 Å². The molecule has 3 rings (SSSR count). The number of imidazole rings is 1. The van der Waals surface area contributed by atoms with Gasteiger partial charge in [-0.25, -0.2) is 4.98 Å². The number of nitrogen functional groups attached to an aromatic ring is 1. The van der Waals surface area contributed by atoms with Crippen molar-refractivity contribution >= 4 is 32.7 Å². The van der Waals surface area contributed by atoms with Gasteiger partial charge in [0, 0.05) is 22.3 Å². The van der Waals surface area contributed by atoms with Crippen molar-refractivity contribution in [2.75, 3.05) is 5.73 Å². The lowest BCUT2D eigenvalue weighted by molar-refractivity contribution is 0.704. The van der Waals surface area contributed by atoms with Crippen LogP contribution in [-0.4, -0.2) is 9.55 Å². The van der Waals surface area contributed by atoms with Crippen molar-refractivity contribution in [2.45, 2.75) is 26.8 Å². The molecule has 0 unspecified atom stereocenters. The van der Waals surface area contributed by atoms with Crippen molar-refractivity contribution in [2.24, 2.45) is 0 Å². The first-order chi connectivity index (χ1) is 10.1. The number of hydrogen-bond acceptors (Lipinski definition) is 2. The molecule has 1 aromatic heterocycles. The Hall–Kier alpha value is -1.81. The minimum atomic E-state index is 0.735. The molecule has 0 amide bonds. The average molecular weight is 344 g/mol. The summed E-state index contributed by atoms with van der Waals surface area (Å²) in [7, 11) is 0. The molecule has 0 atom stereocenters. The summed E-state index contributed by atoms with van der Waals surface area (Å²) in [6, 6.07) is 12.4. The lowest BCUT2D eigenvalue weighted by atomic mass is 10.2. The summed E-state index contributed by atoms with van der Waals surface area (Å²) in [4.78, 5) is 4.83. The number of halogens is 1. The molecule has 0 aliphatic rings. The van der Waals surface area contributed by atoms with Gasteiger partial charge in [-0.3, -0.25) is 0 Å². The SMILES string of the molecule is CCCn1c(-c2ccc(Br)c(N)c2)nc2cc(C)ccc21. The summed E-state index contributed by atoms with van der Waals surface area (Å²) in [5.41, 5.74) is 11.3. The van der Waals surface area contributed by atoms with Gasteiger partial charge in [0.2, 0.25) is 0 Å². The lowest BCUT2D eigenvalue weighted by Crippen LogP contribution is -2.00. The first-order valence-electron chi connectivity index (χ1n) is 7.12. The highest BCUT2D eigenvalue weighted by atomic mass is 79.9. The highest BCUT2D eigenvalue weighted by Gasteiger charge is 2.13. The topological polar surface area (TPSA) is 43.8 Å². The van der Waals surface area contributed by atoms with E-state index < -0.39 is 0 Å². The molecule has 0 fully saturated rings. The van der Waals surface area contributed by atoms with E-state index in [1.165, 1.54) is 11.1 Å². The monoisotopic (exact) mass is 343 g/mol. The number of anilines is 1. The van der Waals surface area contributed by atoms with Gasteiger partial charge in [0.1, 0.15) is 5.82 Å². The summed E-state index contributed by atoms with van der Waals surface area (Å²) >= 11 is 3.44. The quantitative estimate of drug-likeness (QED) is 0.696. The van der Waals surface area contributed by atoms with Gasteiger partial charge in [-0.2, -0.15) is 0 Å². The molecule has 0 spiro atoms. The van der Waals surface area contributed by atoms with Crippen LogP contribution < -0.4 is 5.73 Å². The molecule has 4 heteroatoms. The van der Waals surface area contributed by atoms with Gasteiger partial charge in [0.25, 0.3) is 0 Å². The first-order valence-corrected chi connectivity index (χ1v) is 7.91. The molecule has 21 heavy (non-hydrogen) atoms. The Bertz CT molecular complexity index is 805. The first kappa shape index (κ1) is 14.1. The Morgan fingerprint density at radius 3 is 2.71 bits per heavy atom. The molecule has 0 aliphatic heterocycles. The molecule has 0 aliphatic carbocycles. The Morgan fingerprint density at radius 1 is 1.19 bits per heavy atom. The van der Waals surface area contributed by atoms with Crippen LogP contribution in [0.5, 0.6) is 0 Å². The molecule has 0 saturated heterocycles. The zero-order chi connectivity index (χ0) is 15.0. The third-order valence-electron chi connectivity index (χ3n) is 3.61. The molecule has 2 N–H and O–H groups in total. The zero-order valence-electron chi connectivity index (χ0n) is 12.2. The minimum absolute atomic E-state index is 0.735. The van der Waals surface area contributed by atoms with Crippen LogP contribution in [0.1, 0.15) is 18.9 Å². The van der Waals surface area contributed by atoms with Crippen molar-refractivity contribution in [3.63, 3.8) is 0 Å². The minimum Gasteiger partial charge on any atom is -0.398 e. The van der Waals surface area contributed by atoms with Crippen LogP contribution in [0.15, 0.2) is 40.9 Å². The number of fused-ring (bicyclic) bond motifs is 1. The van der Waals surface area contributed by atoms with Crippen LogP contribution in [0.4, 0.5) is 5.69 Å². The molecule has 1 heterocycles. The van der Waals surface area contributed by atoms with Crippen LogP contribution in [0.3, 0.4) is 0 Å². The predicted octanol–water partition coefficient (Wildman–Crippen LogP) is 4.77. The van der Waals surface area contributed by atoms with Crippen molar-refractivity contribution < 1.29 is 0 Å². The molecule has 0 bridgehead atoms. The van der Waals surface area contributed by atoms with E-state index in [9.17, 15) is 0 Å². The molecule has 2 aromatic carbocycles. The second kappa shape index (κ2) is 5.53. The van der Waals surface area contributed by atoms with Crippen LogP contribution in [0.25, 0.3) is 22.4 Å². The maximum atomic E-state index is 6.02. The fourth-order valence-electron chi connectivity index (χ4n) is 2.59. The molecule has 0 radical (unpaired) electrons. The number of aromatic nitrogens is 2. The number of aryl methyl sites for hydroxylation is 2. The largest absolute Gasteiger partial charge is 0.398 e. The third-order valence-corrected chi connectivity index (χ3v) is 4.33. The Kier molecular flexibility index (Phi) is 3.72. The smallest absolute Gasteiger partial charge is 0.141 e. The fraction of sp³-hybridized carbons (Fsp3) is 0.235. The fourth-order valence-corrected chi connectivity index (χ4v) is 2.84. The van der Waals surface area contributed by atoms with Crippen LogP contribution in [0, 0.1) is 6.92 Å². The Labute approximate surface area is 132 Å². The van der Waals surface area contributed by atoms with Crippen LogP contribution in [0.2, 0.25) is 0 Å². The summed E-state index contributed by atoms with van der Waals surface area (Å²) in [5, 5.41) is 0. The number of hydrogen-bond donors (Lipinski definition) is 1. The van der Waals surface area contributed by atoms with Gasteiger partial charge in [-0.05, 0) is 65.2 Å². The summed E-state index contributed by atoms with van der Waals surface area (Å²) in [6.45, 7) is 5.22.